The molecule has 108 valence electrons. The van der Waals surface area contributed by atoms with Gasteiger partial charge in [0.15, 0.2) is 0 Å². The molecule has 0 amide bonds. The quantitative estimate of drug-likeness (QED) is 0.830. The summed E-state index contributed by atoms with van der Waals surface area (Å²) in [6, 6.07) is 2.21. The van der Waals surface area contributed by atoms with E-state index in [0.717, 1.165) is 18.8 Å². The fourth-order valence-electron chi connectivity index (χ4n) is 2.25. The van der Waals surface area contributed by atoms with Gasteiger partial charge in [0.2, 0.25) is 0 Å². The molecular formula is C16H28N2O. The van der Waals surface area contributed by atoms with Gasteiger partial charge in [0, 0.05) is 13.1 Å². The predicted octanol–water partition coefficient (Wildman–Crippen LogP) is 2.69. The summed E-state index contributed by atoms with van der Waals surface area (Å²) in [4.78, 5) is 0. The summed E-state index contributed by atoms with van der Waals surface area (Å²) in [5.74, 6) is 1.00. The first-order valence-electron chi connectivity index (χ1n) is 6.87. The molecule has 0 spiro atoms. The first-order valence-corrected chi connectivity index (χ1v) is 6.87. The molecule has 19 heavy (non-hydrogen) atoms. The Morgan fingerprint density at radius 2 is 1.84 bits per heavy atom. The lowest BCUT2D eigenvalue weighted by molar-refractivity contribution is 0.351. The summed E-state index contributed by atoms with van der Waals surface area (Å²) >= 11 is 0. The monoisotopic (exact) mass is 264 g/mol. The SMILES string of the molecule is COc1c(C)cc(CNCC(C)(C)CN)c(C)c1C. The maximum atomic E-state index is 5.75. The molecule has 0 unspecified atom stereocenters. The lowest BCUT2D eigenvalue weighted by Gasteiger charge is -2.23. The second-order valence-electron chi connectivity index (χ2n) is 6.11. The molecule has 0 aliphatic carbocycles. The van der Waals surface area contributed by atoms with Gasteiger partial charge in [-0.1, -0.05) is 19.9 Å². The number of benzene rings is 1. The molecule has 3 nitrogen and oxygen atoms in total. The highest BCUT2D eigenvalue weighted by Crippen LogP contribution is 2.28. The number of hydrogen-bond donors (Lipinski definition) is 2. The number of aryl methyl sites for hydroxylation is 1. The molecule has 1 rings (SSSR count). The van der Waals surface area contributed by atoms with Gasteiger partial charge in [-0.15, -0.1) is 0 Å². The van der Waals surface area contributed by atoms with Crippen LogP contribution in [0, 0.1) is 26.2 Å². The molecule has 0 bridgehead atoms. The third-order valence-corrected chi connectivity index (χ3v) is 3.81. The first kappa shape index (κ1) is 16.0. The van der Waals surface area contributed by atoms with Crippen molar-refractivity contribution in [2.45, 2.75) is 41.2 Å². The smallest absolute Gasteiger partial charge is 0.124 e. The molecule has 3 heteroatoms. The molecule has 0 aromatic heterocycles. The van der Waals surface area contributed by atoms with Crippen molar-refractivity contribution in [2.24, 2.45) is 11.1 Å². The highest BCUT2D eigenvalue weighted by Gasteiger charge is 2.15. The standard InChI is InChI=1S/C16H28N2O/c1-11-7-14(8-18-10-16(4,5)9-17)12(2)13(3)15(11)19-6/h7,18H,8-10,17H2,1-6H3. The van der Waals surface area contributed by atoms with Crippen LogP contribution < -0.4 is 15.8 Å². The van der Waals surface area contributed by atoms with Crippen molar-refractivity contribution in [3.8, 4) is 5.75 Å². The van der Waals surface area contributed by atoms with Crippen molar-refractivity contribution in [2.75, 3.05) is 20.2 Å². The van der Waals surface area contributed by atoms with Crippen molar-refractivity contribution in [3.63, 3.8) is 0 Å². The Labute approximate surface area is 117 Å². The Balaban J connectivity index is 2.80. The summed E-state index contributed by atoms with van der Waals surface area (Å²) in [6.45, 7) is 13.2. The van der Waals surface area contributed by atoms with Crippen molar-refractivity contribution in [3.05, 3.63) is 28.3 Å². The average Bonchev–Trinajstić information content (AvgIpc) is 2.36. The second-order valence-corrected chi connectivity index (χ2v) is 6.11. The van der Waals surface area contributed by atoms with E-state index in [0.29, 0.717) is 6.54 Å². The highest BCUT2D eigenvalue weighted by molar-refractivity contribution is 5.48. The van der Waals surface area contributed by atoms with Crippen LogP contribution in [0.4, 0.5) is 0 Å². The van der Waals surface area contributed by atoms with Crippen LogP contribution >= 0.6 is 0 Å². The number of nitrogens with one attached hydrogen (secondary N) is 1. The fourth-order valence-corrected chi connectivity index (χ4v) is 2.25. The number of methoxy groups -OCH3 is 1. The third kappa shape index (κ3) is 3.95. The van der Waals surface area contributed by atoms with Gasteiger partial charge in [-0.3, -0.25) is 0 Å². The Bertz CT molecular complexity index is 439. The van der Waals surface area contributed by atoms with E-state index < -0.39 is 0 Å². The molecule has 0 saturated heterocycles. The Hall–Kier alpha value is -1.06. The summed E-state index contributed by atoms with van der Waals surface area (Å²) < 4.78 is 5.45. The first-order chi connectivity index (χ1) is 8.82. The van der Waals surface area contributed by atoms with Gasteiger partial charge in [-0.2, -0.15) is 0 Å². The van der Waals surface area contributed by atoms with Crippen LogP contribution in [0.3, 0.4) is 0 Å². The average molecular weight is 264 g/mol. The molecule has 0 heterocycles. The minimum absolute atomic E-state index is 0.143. The van der Waals surface area contributed by atoms with Crippen LogP contribution in [0.5, 0.6) is 5.75 Å². The van der Waals surface area contributed by atoms with Crippen molar-refractivity contribution < 1.29 is 4.74 Å². The Morgan fingerprint density at radius 3 is 2.37 bits per heavy atom. The molecule has 0 radical (unpaired) electrons. The van der Waals surface area contributed by atoms with Gasteiger partial charge >= 0.3 is 0 Å². The van der Waals surface area contributed by atoms with E-state index in [1.54, 1.807) is 7.11 Å². The van der Waals surface area contributed by atoms with E-state index in [-0.39, 0.29) is 5.41 Å². The zero-order valence-electron chi connectivity index (χ0n) is 13.2. The Morgan fingerprint density at radius 1 is 1.21 bits per heavy atom. The van der Waals surface area contributed by atoms with Gasteiger partial charge < -0.3 is 15.8 Å². The Kier molecular flexibility index (Phi) is 5.39. The van der Waals surface area contributed by atoms with Crippen molar-refractivity contribution in [1.29, 1.82) is 0 Å². The summed E-state index contributed by atoms with van der Waals surface area (Å²) in [6.07, 6.45) is 0. The second kappa shape index (κ2) is 6.40. The van der Waals surface area contributed by atoms with Crippen LogP contribution in [0.1, 0.15) is 36.1 Å². The molecule has 1 aromatic rings. The van der Waals surface area contributed by atoms with Gasteiger partial charge in [-0.25, -0.2) is 0 Å². The van der Waals surface area contributed by atoms with E-state index in [1.165, 1.54) is 22.3 Å². The van der Waals surface area contributed by atoms with Crippen LogP contribution in [0.15, 0.2) is 6.07 Å². The zero-order valence-corrected chi connectivity index (χ0v) is 13.2. The lowest BCUT2D eigenvalue weighted by Crippen LogP contribution is -2.35. The summed E-state index contributed by atoms with van der Waals surface area (Å²) in [5, 5.41) is 3.50. The molecule has 0 aliphatic heterocycles. The number of hydrogen-bond acceptors (Lipinski definition) is 3. The van der Waals surface area contributed by atoms with E-state index in [2.05, 4.69) is 46.0 Å². The van der Waals surface area contributed by atoms with E-state index in [9.17, 15) is 0 Å². The largest absolute Gasteiger partial charge is 0.496 e. The van der Waals surface area contributed by atoms with Gasteiger partial charge in [0.25, 0.3) is 0 Å². The molecular weight excluding hydrogens is 236 g/mol. The van der Waals surface area contributed by atoms with E-state index in [4.69, 9.17) is 10.5 Å². The summed E-state index contributed by atoms with van der Waals surface area (Å²) in [5.41, 5.74) is 11.0. The number of nitrogens with two attached hydrogens (primary N) is 1. The fraction of sp³-hybridized carbons (Fsp3) is 0.625. The zero-order chi connectivity index (χ0) is 14.6. The van der Waals surface area contributed by atoms with E-state index in [1.807, 2.05) is 0 Å². The lowest BCUT2D eigenvalue weighted by atomic mass is 9.93. The van der Waals surface area contributed by atoms with Crippen LogP contribution in [-0.2, 0) is 6.54 Å². The number of rotatable bonds is 6. The molecule has 1 aromatic carbocycles. The van der Waals surface area contributed by atoms with Gasteiger partial charge in [0.1, 0.15) is 5.75 Å². The maximum absolute atomic E-state index is 5.75. The van der Waals surface area contributed by atoms with Crippen LogP contribution in [0.2, 0.25) is 0 Å². The molecule has 3 N–H and O–H groups in total. The predicted molar refractivity (Wildman–Crippen MR) is 81.7 cm³/mol. The van der Waals surface area contributed by atoms with Crippen LogP contribution in [0.25, 0.3) is 0 Å². The van der Waals surface area contributed by atoms with E-state index >= 15 is 0 Å². The molecule has 0 aliphatic rings. The minimum Gasteiger partial charge on any atom is -0.496 e. The van der Waals surface area contributed by atoms with Gasteiger partial charge in [0.05, 0.1) is 7.11 Å². The van der Waals surface area contributed by atoms with Gasteiger partial charge in [-0.05, 0) is 55.0 Å². The molecule has 0 saturated carbocycles. The number of ether oxygens (including phenoxy) is 1. The third-order valence-electron chi connectivity index (χ3n) is 3.81. The maximum Gasteiger partial charge on any atom is 0.124 e. The highest BCUT2D eigenvalue weighted by atomic mass is 16.5. The van der Waals surface area contributed by atoms with Crippen LogP contribution in [-0.4, -0.2) is 20.2 Å². The van der Waals surface area contributed by atoms with Crippen molar-refractivity contribution >= 4 is 0 Å². The minimum atomic E-state index is 0.143. The molecule has 0 fully saturated rings. The normalized spacial score (nSPS) is 11.7. The van der Waals surface area contributed by atoms with Crippen molar-refractivity contribution in [1.82, 2.24) is 5.32 Å². The molecule has 0 atom stereocenters. The summed E-state index contributed by atoms with van der Waals surface area (Å²) in [7, 11) is 1.73. The topological polar surface area (TPSA) is 47.3 Å².